The van der Waals surface area contributed by atoms with Gasteiger partial charge >= 0.3 is 0 Å². The maximum Gasteiger partial charge on any atom is 0.296 e. The van der Waals surface area contributed by atoms with Crippen molar-refractivity contribution in [1.29, 1.82) is 0 Å². The minimum Gasteiger partial charge on any atom is -0.505 e. The van der Waals surface area contributed by atoms with E-state index in [-0.39, 0.29) is 49.9 Å². The van der Waals surface area contributed by atoms with Crippen LogP contribution >= 0.6 is 12.0 Å². The molecule has 0 spiro atoms. The molecule has 0 unspecified atom stereocenters. The van der Waals surface area contributed by atoms with Gasteiger partial charge in [-0.2, -0.15) is 23.8 Å². The van der Waals surface area contributed by atoms with Gasteiger partial charge in [0.05, 0.1) is 44.3 Å². The molecule has 15 nitrogen and oxygen atoms in total. The summed E-state index contributed by atoms with van der Waals surface area (Å²) in [5.41, 5.74) is 5.50. The first-order chi connectivity index (χ1) is 17.9. The molecule has 3 rings (SSSR count). The predicted octanol–water partition coefficient (Wildman–Crippen LogP) is 3.92. The van der Waals surface area contributed by atoms with Crippen LogP contribution < -0.4 is 11.1 Å². The van der Waals surface area contributed by atoms with Crippen LogP contribution in [0.2, 0.25) is 0 Å². The van der Waals surface area contributed by atoms with E-state index in [4.69, 9.17) is 11.0 Å². The van der Waals surface area contributed by atoms with Gasteiger partial charge in [0, 0.05) is 13.6 Å². The van der Waals surface area contributed by atoms with Crippen LogP contribution in [-0.2, 0) is 29.3 Å². The van der Waals surface area contributed by atoms with Crippen molar-refractivity contribution in [2.75, 3.05) is 32.1 Å². The molecule has 0 fully saturated rings. The van der Waals surface area contributed by atoms with E-state index < -0.39 is 36.3 Å². The molecular weight excluding hydrogens is 564 g/mol. The highest BCUT2D eigenvalue weighted by molar-refractivity contribution is 7.94. The Morgan fingerprint density at radius 2 is 1.74 bits per heavy atom. The number of anilines is 1. The molecule has 0 heterocycles. The molecule has 0 amide bonds. The summed E-state index contributed by atoms with van der Waals surface area (Å²) in [5.74, 6) is -0.862. The monoisotopic (exact) mass is 586 g/mol. The first kappa shape index (κ1) is 29.3. The number of hydrogen-bond donors (Lipinski definition) is 5. The van der Waals surface area contributed by atoms with E-state index in [1.165, 1.54) is 37.4 Å². The van der Waals surface area contributed by atoms with Gasteiger partial charge in [0.25, 0.3) is 10.1 Å². The summed E-state index contributed by atoms with van der Waals surface area (Å²) in [6.07, 6.45) is 0. The molecule has 0 atom stereocenters. The third-order valence-corrected chi connectivity index (χ3v) is 8.25. The smallest absolute Gasteiger partial charge is 0.296 e. The Labute approximate surface area is 221 Å². The lowest BCUT2D eigenvalue weighted by Crippen LogP contribution is -2.19. The third kappa shape index (κ3) is 6.42. The number of nitrogen functional groups attached to an aromatic ring is 1. The molecule has 3 aromatic rings. The van der Waals surface area contributed by atoms with E-state index >= 15 is 0 Å². The van der Waals surface area contributed by atoms with Gasteiger partial charge in [0.2, 0.25) is 0 Å². The van der Waals surface area contributed by atoms with Crippen molar-refractivity contribution < 1.29 is 41.1 Å². The average Bonchev–Trinajstić information content (AvgIpc) is 2.87. The van der Waals surface area contributed by atoms with Crippen molar-refractivity contribution in [3.8, 4) is 5.75 Å². The van der Waals surface area contributed by atoms with Crippen LogP contribution in [0, 0.1) is 0 Å². The molecule has 0 bridgehead atoms. The van der Waals surface area contributed by atoms with Gasteiger partial charge in [0.1, 0.15) is 16.3 Å². The molecule has 6 N–H and O–H groups in total. The Morgan fingerprint density at radius 1 is 1.05 bits per heavy atom. The fraction of sp³-hybridized carbons (Fsp3) is 0.200. The molecular formula is C20H22N6O9S3. The van der Waals surface area contributed by atoms with E-state index in [9.17, 15) is 26.5 Å². The van der Waals surface area contributed by atoms with Gasteiger partial charge in [-0.1, -0.05) is 5.04 Å². The zero-order valence-electron chi connectivity index (χ0n) is 19.8. The zero-order chi connectivity index (χ0) is 28.1. The van der Waals surface area contributed by atoms with Crippen LogP contribution in [0.15, 0.2) is 71.5 Å². The van der Waals surface area contributed by atoms with Gasteiger partial charge in [0.15, 0.2) is 15.6 Å². The zero-order valence-corrected chi connectivity index (χ0v) is 22.2. The lowest BCUT2D eigenvalue weighted by Gasteiger charge is -2.14. The van der Waals surface area contributed by atoms with Gasteiger partial charge in [-0.25, -0.2) is 13.7 Å². The van der Waals surface area contributed by atoms with E-state index in [2.05, 4.69) is 35.1 Å². The van der Waals surface area contributed by atoms with Crippen LogP contribution in [0.25, 0.3) is 10.8 Å². The van der Waals surface area contributed by atoms with Crippen LogP contribution in [-0.4, -0.2) is 58.1 Å². The molecule has 0 radical (unpaired) electrons. The van der Waals surface area contributed by atoms with Gasteiger partial charge in [-0.05, 0) is 48.8 Å². The molecule has 204 valence electrons. The van der Waals surface area contributed by atoms with Crippen LogP contribution in [0.1, 0.15) is 0 Å². The van der Waals surface area contributed by atoms with E-state index in [1.54, 1.807) is 7.05 Å². The number of aromatic hydroxyl groups is 1. The summed E-state index contributed by atoms with van der Waals surface area (Å²) >= 11 is 0.466. The molecule has 0 aliphatic rings. The highest BCUT2D eigenvalue weighted by Gasteiger charge is 2.25. The quantitative estimate of drug-likeness (QED) is 0.0537. The van der Waals surface area contributed by atoms with E-state index in [0.717, 1.165) is 6.07 Å². The summed E-state index contributed by atoms with van der Waals surface area (Å²) in [4.78, 5) is -0.625. The van der Waals surface area contributed by atoms with Crippen LogP contribution in [0.3, 0.4) is 0 Å². The normalized spacial score (nSPS) is 12.7. The van der Waals surface area contributed by atoms with Crippen molar-refractivity contribution in [3.05, 3.63) is 36.4 Å². The number of phenolic OH excluding ortho intramolecular Hbond substituents is 1. The Bertz CT molecular complexity index is 1610. The maximum absolute atomic E-state index is 12.3. The Hall–Kier alpha value is -3.23. The van der Waals surface area contributed by atoms with E-state index in [0.29, 0.717) is 12.0 Å². The maximum atomic E-state index is 12.3. The standard InChI is InChI=1S/C20H22N6O9S3/c1-22-7-8-37(29,30)13-5-3-12(4-6-13)24-26-19-15(38(31,32)33)10-11-9-14(36-35-34-28)18(25-23-2)17(21)16(11)20(19)27/h3-6,9-10,22,27-28H,7-8,21H2,1-2H3,(H,31,32,33). The summed E-state index contributed by atoms with van der Waals surface area (Å²) in [5, 5.41) is 40.9. The molecule has 0 aromatic heterocycles. The number of rotatable bonds is 11. The number of fused-ring (bicyclic) bond motifs is 1. The van der Waals surface area contributed by atoms with Gasteiger partial charge < -0.3 is 16.2 Å². The summed E-state index contributed by atoms with van der Waals surface area (Å²) in [6, 6.07) is 7.57. The lowest BCUT2D eigenvalue weighted by molar-refractivity contribution is -0.432. The number of nitrogens with zero attached hydrogens (tertiary/aromatic N) is 4. The van der Waals surface area contributed by atoms with Crippen molar-refractivity contribution in [2.45, 2.75) is 14.7 Å². The SMILES string of the molecule is CN=Nc1c(SOOO)cc2cc(S(=O)(=O)O)c(N=Nc3ccc(S(=O)(=O)CCNC)cc3)c(O)c2c1N. The summed E-state index contributed by atoms with van der Waals surface area (Å²) in [7, 11) is -5.50. The highest BCUT2D eigenvalue weighted by atomic mass is 32.2. The molecule has 0 aliphatic carbocycles. The predicted molar refractivity (Wildman–Crippen MR) is 138 cm³/mol. The second kappa shape index (κ2) is 12.1. The highest BCUT2D eigenvalue weighted by Crippen LogP contribution is 2.49. The summed E-state index contributed by atoms with van der Waals surface area (Å²) < 4.78 is 63.1. The van der Waals surface area contributed by atoms with Crippen molar-refractivity contribution in [2.24, 2.45) is 20.5 Å². The largest absolute Gasteiger partial charge is 0.505 e. The number of phenols is 1. The molecule has 38 heavy (non-hydrogen) atoms. The lowest BCUT2D eigenvalue weighted by atomic mass is 10.1. The van der Waals surface area contributed by atoms with Crippen LogP contribution in [0.5, 0.6) is 5.75 Å². The van der Waals surface area contributed by atoms with Gasteiger partial charge in [-0.3, -0.25) is 4.55 Å². The second-order valence-electron chi connectivity index (χ2n) is 7.42. The van der Waals surface area contributed by atoms with E-state index in [1.807, 2.05) is 0 Å². The molecule has 3 aromatic carbocycles. The number of azo groups is 2. The molecule has 0 saturated carbocycles. The minimum atomic E-state index is -4.93. The summed E-state index contributed by atoms with van der Waals surface area (Å²) in [6.45, 7) is 0.260. The van der Waals surface area contributed by atoms with Gasteiger partial charge in [-0.15, -0.1) is 9.45 Å². The topological polar surface area (TPSA) is 235 Å². The van der Waals surface area contributed by atoms with Crippen molar-refractivity contribution in [3.63, 3.8) is 0 Å². The molecule has 0 saturated heterocycles. The first-order valence-electron chi connectivity index (χ1n) is 10.4. The Kier molecular flexibility index (Phi) is 9.33. The fourth-order valence-corrected chi connectivity index (χ4v) is 5.73. The molecule has 0 aliphatic heterocycles. The fourth-order valence-electron chi connectivity index (χ4n) is 3.31. The minimum absolute atomic E-state index is 0.00471. The number of hydrogen-bond acceptors (Lipinski definition) is 15. The average molecular weight is 587 g/mol. The molecule has 18 heteroatoms. The Balaban J connectivity index is 2.16. The number of nitrogens with one attached hydrogen (secondary N) is 1. The Morgan fingerprint density at radius 3 is 2.32 bits per heavy atom. The first-order valence-corrected chi connectivity index (χ1v) is 14.2. The van der Waals surface area contributed by atoms with Crippen molar-refractivity contribution >= 4 is 65.5 Å². The van der Waals surface area contributed by atoms with Crippen molar-refractivity contribution in [1.82, 2.24) is 5.32 Å². The third-order valence-electron chi connectivity index (χ3n) is 5.03. The number of nitrogens with two attached hydrogens (primary N) is 1. The number of sulfone groups is 1. The number of benzene rings is 3. The second-order valence-corrected chi connectivity index (χ2v) is 11.7. The van der Waals surface area contributed by atoms with Crippen LogP contribution in [0.4, 0.5) is 22.7 Å².